The highest BCUT2D eigenvalue weighted by Gasteiger charge is 2.17. The van der Waals surface area contributed by atoms with E-state index in [0.717, 1.165) is 11.3 Å². The SMILES string of the molecule is Cc1c(N(C)Cc2ccncc2)cc(N)cc1S(N)(=O)=O. The molecule has 0 bridgehead atoms. The maximum atomic E-state index is 11.6. The number of aromatic nitrogens is 1. The molecule has 0 aliphatic carbocycles. The minimum Gasteiger partial charge on any atom is -0.399 e. The van der Waals surface area contributed by atoms with Gasteiger partial charge in [-0.05, 0) is 42.3 Å². The van der Waals surface area contributed by atoms with E-state index >= 15 is 0 Å². The quantitative estimate of drug-likeness (QED) is 0.828. The summed E-state index contributed by atoms with van der Waals surface area (Å²) in [4.78, 5) is 5.95. The Morgan fingerprint density at radius 3 is 2.43 bits per heavy atom. The smallest absolute Gasteiger partial charge is 0.238 e. The second kappa shape index (κ2) is 5.71. The fourth-order valence-corrected chi connectivity index (χ4v) is 3.06. The number of nitrogens with zero attached hydrogens (tertiary/aromatic N) is 2. The van der Waals surface area contributed by atoms with Crippen molar-refractivity contribution in [3.8, 4) is 0 Å². The molecule has 2 rings (SSSR count). The third-order valence-electron chi connectivity index (χ3n) is 3.24. The summed E-state index contributed by atoms with van der Waals surface area (Å²) in [6, 6.07) is 6.93. The molecule has 4 N–H and O–H groups in total. The zero-order valence-corrected chi connectivity index (χ0v) is 12.8. The van der Waals surface area contributed by atoms with Crippen molar-refractivity contribution in [3.05, 3.63) is 47.8 Å². The summed E-state index contributed by atoms with van der Waals surface area (Å²) < 4.78 is 23.3. The van der Waals surface area contributed by atoms with Gasteiger partial charge in [0.05, 0.1) is 4.90 Å². The molecular weight excluding hydrogens is 288 g/mol. The molecule has 1 aromatic heterocycles. The number of hydrogen-bond donors (Lipinski definition) is 2. The van der Waals surface area contributed by atoms with Crippen LogP contribution in [-0.4, -0.2) is 20.4 Å². The Labute approximate surface area is 124 Å². The number of anilines is 2. The van der Waals surface area contributed by atoms with Gasteiger partial charge in [-0.2, -0.15) is 0 Å². The Morgan fingerprint density at radius 1 is 1.24 bits per heavy atom. The van der Waals surface area contributed by atoms with E-state index in [4.69, 9.17) is 10.9 Å². The number of hydrogen-bond acceptors (Lipinski definition) is 5. The monoisotopic (exact) mass is 306 g/mol. The van der Waals surface area contributed by atoms with E-state index in [2.05, 4.69) is 4.98 Å². The van der Waals surface area contributed by atoms with Crippen molar-refractivity contribution in [2.75, 3.05) is 17.7 Å². The Hall–Kier alpha value is -2.12. The van der Waals surface area contributed by atoms with Gasteiger partial charge >= 0.3 is 0 Å². The molecular formula is C14H18N4O2S. The van der Waals surface area contributed by atoms with Crippen LogP contribution in [0.1, 0.15) is 11.1 Å². The Balaban J connectivity index is 2.42. The summed E-state index contributed by atoms with van der Waals surface area (Å²) in [6.45, 7) is 2.33. The summed E-state index contributed by atoms with van der Waals surface area (Å²) in [5.41, 5.74) is 8.54. The van der Waals surface area contributed by atoms with Crippen molar-refractivity contribution in [1.82, 2.24) is 4.98 Å². The van der Waals surface area contributed by atoms with Gasteiger partial charge in [0.25, 0.3) is 0 Å². The number of nitrogen functional groups attached to an aromatic ring is 1. The molecule has 7 heteroatoms. The summed E-state index contributed by atoms with van der Waals surface area (Å²) in [7, 11) is -1.93. The van der Waals surface area contributed by atoms with E-state index in [0.29, 0.717) is 17.8 Å². The van der Waals surface area contributed by atoms with Gasteiger partial charge < -0.3 is 10.6 Å². The van der Waals surface area contributed by atoms with Crippen LogP contribution in [0.5, 0.6) is 0 Å². The molecule has 1 heterocycles. The van der Waals surface area contributed by atoms with Gasteiger partial charge in [0.1, 0.15) is 0 Å². The Morgan fingerprint density at radius 2 is 1.86 bits per heavy atom. The van der Waals surface area contributed by atoms with Crippen molar-refractivity contribution in [3.63, 3.8) is 0 Å². The molecule has 0 fully saturated rings. The van der Waals surface area contributed by atoms with E-state index < -0.39 is 10.0 Å². The van der Waals surface area contributed by atoms with Crippen LogP contribution < -0.4 is 15.8 Å². The number of pyridine rings is 1. The molecule has 1 aromatic carbocycles. The maximum Gasteiger partial charge on any atom is 0.238 e. The molecule has 0 unspecified atom stereocenters. The standard InChI is InChI=1S/C14H18N4O2S/c1-10-13(7-12(15)8-14(10)21(16,19)20)18(2)9-11-3-5-17-6-4-11/h3-8H,9,15H2,1-2H3,(H2,16,19,20). The third-order valence-corrected chi connectivity index (χ3v) is 4.28. The van der Waals surface area contributed by atoms with Crippen LogP contribution in [-0.2, 0) is 16.6 Å². The van der Waals surface area contributed by atoms with Crippen LogP contribution in [0.15, 0.2) is 41.6 Å². The predicted molar refractivity (Wildman–Crippen MR) is 83.3 cm³/mol. The molecule has 6 nitrogen and oxygen atoms in total. The average Bonchev–Trinajstić information content (AvgIpc) is 2.40. The Bertz CT molecular complexity index is 745. The predicted octanol–water partition coefficient (Wildman–Crippen LogP) is 1.26. The Kier molecular flexibility index (Phi) is 4.15. The second-order valence-electron chi connectivity index (χ2n) is 4.92. The van der Waals surface area contributed by atoms with Crippen LogP contribution in [0.25, 0.3) is 0 Å². The van der Waals surface area contributed by atoms with Crippen LogP contribution in [0.4, 0.5) is 11.4 Å². The molecule has 112 valence electrons. The fraction of sp³-hybridized carbons (Fsp3) is 0.214. The first-order valence-electron chi connectivity index (χ1n) is 6.32. The number of benzene rings is 1. The van der Waals surface area contributed by atoms with Crippen molar-refractivity contribution in [2.45, 2.75) is 18.4 Å². The lowest BCUT2D eigenvalue weighted by molar-refractivity contribution is 0.597. The maximum absolute atomic E-state index is 11.6. The lowest BCUT2D eigenvalue weighted by atomic mass is 10.1. The second-order valence-corrected chi connectivity index (χ2v) is 6.45. The van der Waals surface area contributed by atoms with E-state index in [1.165, 1.54) is 6.07 Å². The molecule has 0 radical (unpaired) electrons. The topological polar surface area (TPSA) is 102 Å². The molecule has 21 heavy (non-hydrogen) atoms. The van der Waals surface area contributed by atoms with Gasteiger partial charge in [0.15, 0.2) is 0 Å². The lowest BCUT2D eigenvalue weighted by Gasteiger charge is -2.23. The molecule has 0 spiro atoms. The van der Waals surface area contributed by atoms with Crippen LogP contribution in [0, 0.1) is 6.92 Å². The molecule has 0 saturated carbocycles. The van der Waals surface area contributed by atoms with E-state index in [1.807, 2.05) is 24.1 Å². The highest BCUT2D eigenvalue weighted by atomic mass is 32.2. The van der Waals surface area contributed by atoms with E-state index in [-0.39, 0.29) is 4.90 Å². The average molecular weight is 306 g/mol. The van der Waals surface area contributed by atoms with Crippen molar-refractivity contribution >= 4 is 21.4 Å². The fourth-order valence-electron chi connectivity index (χ4n) is 2.23. The highest BCUT2D eigenvalue weighted by Crippen LogP contribution is 2.29. The molecule has 0 saturated heterocycles. The summed E-state index contributed by atoms with van der Waals surface area (Å²) >= 11 is 0. The molecule has 0 amide bonds. The van der Waals surface area contributed by atoms with Gasteiger partial charge in [0.2, 0.25) is 10.0 Å². The van der Waals surface area contributed by atoms with Crippen molar-refractivity contribution in [2.24, 2.45) is 5.14 Å². The molecule has 0 aliphatic rings. The molecule has 2 aromatic rings. The van der Waals surface area contributed by atoms with Gasteiger partial charge in [-0.25, -0.2) is 13.6 Å². The summed E-state index contributed by atoms with van der Waals surface area (Å²) in [5.74, 6) is 0. The zero-order valence-electron chi connectivity index (χ0n) is 11.9. The van der Waals surface area contributed by atoms with E-state index in [1.54, 1.807) is 25.4 Å². The normalized spacial score (nSPS) is 11.4. The minimum atomic E-state index is -3.80. The summed E-state index contributed by atoms with van der Waals surface area (Å²) in [6.07, 6.45) is 3.43. The zero-order chi connectivity index (χ0) is 15.6. The number of sulfonamides is 1. The number of primary sulfonamides is 1. The number of nitrogens with two attached hydrogens (primary N) is 2. The molecule has 0 atom stereocenters. The van der Waals surface area contributed by atoms with Gasteiger partial charge in [-0.1, -0.05) is 0 Å². The van der Waals surface area contributed by atoms with Crippen molar-refractivity contribution in [1.29, 1.82) is 0 Å². The highest BCUT2D eigenvalue weighted by molar-refractivity contribution is 7.89. The molecule has 0 aliphatic heterocycles. The van der Waals surface area contributed by atoms with Gasteiger partial charge in [-0.15, -0.1) is 0 Å². The van der Waals surface area contributed by atoms with E-state index in [9.17, 15) is 8.42 Å². The lowest BCUT2D eigenvalue weighted by Crippen LogP contribution is -2.20. The summed E-state index contributed by atoms with van der Waals surface area (Å²) in [5, 5.41) is 5.24. The van der Waals surface area contributed by atoms with Crippen LogP contribution in [0.2, 0.25) is 0 Å². The first-order valence-corrected chi connectivity index (χ1v) is 7.86. The van der Waals surface area contributed by atoms with Gasteiger partial charge in [0, 0.05) is 37.4 Å². The first kappa shape index (κ1) is 15.3. The van der Waals surface area contributed by atoms with Crippen LogP contribution in [0.3, 0.4) is 0 Å². The largest absolute Gasteiger partial charge is 0.399 e. The van der Waals surface area contributed by atoms with Gasteiger partial charge in [-0.3, -0.25) is 4.98 Å². The minimum absolute atomic E-state index is 0.0547. The van der Waals surface area contributed by atoms with Crippen LogP contribution >= 0.6 is 0 Å². The first-order chi connectivity index (χ1) is 9.79. The third kappa shape index (κ3) is 3.50. The number of rotatable bonds is 4. The van der Waals surface area contributed by atoms with Crippen molar-refractivity contribution < 1.29 is 8.42 Å².